The van der Waals surface area contributed by atoms with Crippen LogP contribution >= 0.6 is 12.2 Å². The van der Waals surface area contributed by atoms with E-state index in [1.54, 1.807) is 30.5 Å². The van der Waals surface area contributed by atoms with E-state index in [4.69, 9.17) is 21.7 Å². The number of ether oxygens (including phenoxy) is 2. The van der Waals surface area contributed by atoms with E-state index in [0.717, 1.165) is 16.8 Å². The number of hydrogen-bond acceptors (Lipinski definition) is 5. The number of anilines is 1. The first kappa shape index (κ1) is 21.7. The largest absolute Gasteiger partial charge is 0.493 e. The van der Waals surface area contributed by atoms with Gasteiger partial charge >= 0.3 is 5.97 Å². The fraction of sp³-hybridized carbons (Fsp3) is 0.0417. The maximum atomic E-state index is 12.1. The van der Waals surface area contributed by atoms with Crippen LogP contribution in [0.1, 0.15) is 11.1 Å². The van der Waals surface area contributed by atoms with Gasteiger partial charge in [0.15, 0.2) is 16.6 Å². The highest BCUT2D eigenvalue weighted by molar-refractivity contribution is 7.80. The van der Waals surface area contributed by atoms with Crippen molar-refractivity contribution in [1.82, 2.24) is 5.43 Å². The summed E-state index contributed by atoms with van der Waals surface area (Å²) in [5, 5.41) is 7.50. The quantitative estimate of drug-likeness (QED) is 0.142. The minimum atomic E-state index is -0.498. The van der Waals surface area contributed by atoms with E-state index in [1.807, 2.05) is 60.7 Å². The van der Waals surface area contributed by atoms with Crippen LogP contribution in [0.15, 0.2) is 90.0 Å². The van der Waals surface area contributed by atoms with Crippen molar-refractivity contribution < 1.29 is 14.3 Å². The standard InChI is InChI=1S/C24H21N3O3S/c1-29-22-16-19(17-25-27-24(31)26-20-10-6-3-7-11-20)12-14-21(22)30-23(28)15-13-18-8-4-2-5-9-18/h2-17H,1H3,(H2,26,27,31)/b15-13+,25-17+. The highest BCUT2D eigenvalue weighted by atomic mass is 32.1. The lowest BCUT2D eigenvalue weighted by molar-refractivity contribution is -0.129. The topological polar surface area (TPSA) is 71.9 Å². The van der Waals surface area contributed by atoms with E-state index >= 15 is 0 Å². The molecule has 3 aromatic carbocycles. The number of nitrogens with one attached hydrogen (secondary N) is 2. The summed E-state index contributed by atoms with van der Waals surface area (Å²) >= 11 is 5.20. The van der Waals surface area contributed by atoms with Crippen molar-refractivity contribution in [2.45, 2.75) is 0 Å². The monoisotopic (exact) mass is 431 g/mol. The molecule has 0 radical (unpaired) electrons. The van der Waals surface area contributed by atoms with Gasteiger partial charge in [0.05, 0.1) is 13.3 Å². The van der Waals surface area contributed by atoms with Gasteiger partial charge in [-0.25, -0.2) is 4.79 Å². The number of hydrazone groups is 1. The lowest BCUT2D eigenvalue weighted by atomic mass is 10.2. The number of esters is 1. The number of thiocarbonyl (C=S) groups is 1. The minimum Gasteiger partial charge on any atom is -0.493 e. The van der Waals surface area contributed by atoms with Crippen molar-refractivity contribution in [3.05, 3.63) is 96.1 Å². The smallest absolute Gasteiger partial charge is 0.336 e. The summed E-state index contributed by atoms with van der Waals surface area (Å²) in [6.07, 6.45) is 4.64. The Labute approximate surface area is 186 Å². The maximum absolute atomic E-state index is 12.1. The van der Waals surface area contributed by atoms with Gasteiger partial charge in [-0.1, -0.05) is 48.5 Å². The molecule has 0 saturated carbocycles. The van der Waals surface area contributed by atoms with Crippen LogP contribution in [0.5, 0.6) is 11.5 Å². The summed E-state index contributed by atoms with van der Waals surface area (Å²) in [6, 6.07) is 24.2. The number of para-hydroxylation sites is 1. The zero-order valence-electron chi connectivity index (χ0n) is 16.8. The summed E-state index contributed by atoms with van der Waals surface area (Å²) < 4.78 is 10.7. The number of nitrogens with zero attached hydrogens (tertiary/aromatic N) is 1. The Morgan fingerprint density at radius 3 is 2.35 bits per heavy atom. The Balaban J connectivity index is 1.57. The highest BCUT2D eigenvalue weighted by Gasteiger charge is 2.08. The molecule has 2 N–H and O–H groups in total. The molecule has 0 saturated heterocycles. The number of rotatable bonds is 7. The SMILES string of the molecule is COc1cc(/C=N/NC(=S)Nc2ccccc2)ccc1OC(=O)/C=C/c1ccccc1. The molecule has 31 heavy (non-hydrogen) atoms. The minimum absolute atomic E-state index is 0.316. The van der Waals surface area contributed by atoms with Crippen molar-refractivity contribution in [3.63, 3.8) is 0 Å². The highest BCUT2D eigenvalue weighted by Crippen LogP contribution is 2.27. The second kappa shape index (κ2) is 11.3. The third kappa shape index (κ3) is 7.09. The van der Waals surface area contributed by atoms with Gasteiger partial charge < -0.3 is 14.8 Å². The van der Waals surface area contributed by atoms with Crippen LogP contribution in [0.25, 0.3) is 6.08 Å². The van der Waals surface area contributed by atoms with Gasteiger partial charge in [0.1, 0.15) is 0 Å². The Morgan fingerprint density at radius 2 is 1.65 bits per heavy atom. The molecule has 0 amide bonds. The molecule has 0 aliphatic rings. The Bertz CT molecular complexity index is 1080. The van der Waals surface area contributed by atoms with Crippen LogP contribution in [-0.2, 0) is 4.79 Å². The van der Waals surface area contributed by atoms with Crippen LogP contribution in [-0.4, -0.2) is 24.4 Å². The zero-order valence-corrected chi connectivity index (χ0v) is 17.6. The first-order chi connectivity index (χ1) is 15.1. The molecule has 7 heteroatoms. The lowest BCUT2D eigenvalue weighted by Gasteiger charge is -2.09. The van der Waals surface area contributed by atoms with Gasteiger partial charge in [0.25, 0.3) is 0 Å². The molecule has 6 nitrogen and oxygen atoms in total. The summed E-state index contributed by atoms with van der Waals surface area (Å²) in [4.78, 5) is 12.1. The maximum Gasteiger partial charge on any atom is 0.336 e. The summed E-state index contributed by atoms with van der Waals surface area (Å²) in [6.45, 7) is 0. The van der Waals surface area contributed by atoms with Crippen LogP contribution in [0, 0.1) is 0 Å². The average molecular weight is 432 g/mol. The van der Waals surface area contributed by atoms with E-state index in [1.165, 1.54) is 13.2 Å². The predicted molar refractivity (Wildman–Crippen MR) is 127 cm³/mol. The van der Waals surface area contributed by atoms with Crippen LogP contribution in [0.2, 0.25) is 0 Å². The molecule has 0 aromatic heterocycles. The second-order valence-electron chi connectivity index (χ2n) is 6.27. The number of carbonyl (C=O) groups is 1. The van der Waals surface area contributed by atoms with Gasteiger partial charge in [-0.3, -0.25) is 5.43 Å². The first-order valence-corrected chi connectivity index (χ1v) is 9.83. The molecule has 0 fully saturated rings. The summed E-state index contributed by atoms with van der Waals surface area (Å²) in [5.74, 6) is 0.231. The average Bonchev–Trinajstić information content (AvgIpc) is 2.80. The first-order valence-electron chi connectivity index (χ1n) is 9.42. The van der Waals surface area contributed by atoms with E-state index in [-0.39, 0.29) is 0 Å². The third-order valence-corrected chi connectivity index (χ3v) is 4.21. The van der Waals surface area contributed by atoms with Crippen molar-refractivity contribution in [1.29, 1.82) is 0 Å². The Morgan fingerprint density at radius 1 is 0.935 bits per heavy atom. The normalized spacial score (nSPS) is 10.7. The number of methoxy groups -OCH3 is 1. The Kier molecular flexibility index (Phi) is 7.90. The van der Waals surface area contributed by atoms with Gasteiger partial charge in [-0.05, 0) is 59.8 Å². The van der Waals surface area contributed by atoms with Crippen molar-refractivity contribution >= 4 is 41.3 Å². The van der Waals surface area contributed by atoms with Crippen molar-refractivity contribution in [2.75, 3.05) is 12.4 Å². The molecule has 3 aromatic rings. The van der Waals surface area contributed by atoms with Crippen LogP contribution in [0.4, 0.5) is 5.69 Å². The van der Waals surface area contributed by atoms with E-state index in [0.29, 0.717) is 16.6 Å². The fourth-order valence-electron chi connectivity index (χ4n) is 2.57. The molecule has 156 valence electrons. The zero-order chi connectivity index (χ0) is 21.9. The van der Waals surface area contributed by atoms with Gasteiger partial charge in [0.2, 0.25) is 0 Å². The van der Waals surface area contributed by atoms with Crippen molar-refractivity contribution in [3.8, 4) is 11.5 Å². The number of carbonyl (C=O) groups excluding carboxylic acids is 1. The number of hydrogen-bond donors (Lipinski definition) is 2. The molecule has 3 rings (SSSR count). The lowest BCUT2D eigenvalue weighted by Crippen LogP contribution is -2.23. The third-order valence-electron chi connectivity index (χ3n) is 4.02. The molecular weight excluding hydrogens is 410 g/mol. The summed E-state index contributed by atoms with van der Waals surface area (Å²) in [5.41, 5.74) is 5.27. The predicted octanol–water partition coefficient (Wildman–Crippen LogP) is 4.63. The van der Waals surface area contributed by atoms with Gasteiger partial charge in [-0.15, -0.1) is 0 Å². The molecule has 0 atom stereocenters. The fourth-order valence-corrected chi connectivity index (χ4v) is 2.74. The van der Waals surface area contributed by atoms with E-state index in [2.05, 4.69) is 15.8 Å². The molecule has 0 bridgehead atoms. The van der Waals surface area contributed by atoms with E-state index in [9.17, 15) is 4.79 Å². The molecule has 0 unspecified atom stereocenters. The second-order valence-corrected chi connectivity index (χ2v) is 6.67. The molecular formula is C24H21N3O3S. The van der Waals surface area contributed by atoms with E-state index < -0.39 is 5.97 Å². The molecule has 0 heterocycles. The summed E-state index contributed by atoms with van der Waals surface area (Å²) in [7, 11) is 1.50. The van der Waals surface area contributed by atoms with Crippen molar-refractivity contribution in [2.24, 2.45) is 5.10 Å². The van der Waals surface area contributed by atoms with Gasteiger partial charge in [0, 0.05) is 11.8 Å². The molecule has 0 spiro atoms. The molecule has 0 aliphatic carbocycles. The van der Waals surface area contributed by atoms with Crippen LogP contribution in [0.3, 0.4) is 0 Å². The Hall–Kier alpha value is -3.97. The van der Waals surface area contributed by atoms with Gasteiger partial charge in [-0.2, -0.15) is 5.10 Å². The number of benzene rings is 3. The molecule has 0 aliphatic heterocycles. The van der Waals surface area contributed by atoms with Crippen LogP contribution < -0.4 is 20.2 Å².